The molecule has 0 fully saturated rings. The summed E-state index contributed by atoms with van der Waals surface area (Å²) in [5, 5.41) is 2.97. The Morgan fingerprint density at radius 2 is 1.34 bits per heavy atom. The third-order valence-electron chi connectivity index (χ3n) is 5.01. The Bertz CT molecular complexity index is 1020. The zero-order valence-electron chi connectivity index (χ0n) is 18.7. The minimum atomic E-state index is -0.0512. The number of ether oxygens (including phenoxy) is 4. The van der Waals surface area contributed by atoms with Gasteiger partial charge in [-0.15, -0.1) is 0 Å². The topological polar surface area (TPSA) is 66.0 Å². The first-order valence-corrected chi connectivity index (χ1v) is 10.4. The van der Waals surface area contributed by atoms with Crippen LogP contribution in [0.5, 0.6) is 23.0 Å². The minimum Gasteiger partial charge on any atom is -0.493 e. The van der Waals surface area contributed by atoms with Crippen LogP contribution in [0.3, 0.4) is 0 Å². The molecule has 6 nitrogen and oxygen atoms in total. The van der Waals surface area contributed by atoms with Crippen LogP contribution in [0.2, 0.25) is 0 Å². The van der Waals surface area contributed by atoms with Crippen molar-refractivity contribution in [2.24, 2.45) is 0 Å². The number of amides is 1. The van der Waals surface area contributed by atoms with Gasteiger partial charge in [0.05, 0.1) is 27.8 Å². The fourth-order valence-corrected chi connectivity index (χ4v) is 3.31. The summed E-state index contributed by atoms with van der Waals surface area (Å²) in [6.07, 6.45) is 0.956. The van der Waals surface area contributed by atoms with Gasteiger partial charge >= 0.3 is 0 Å². The number of nitrogens with one attached hydrogen (secondary N) is 1. The summed E-state index contributed by atoms with van der Waals surface area (Å²) in [6.45, 7) is 0.958. The van der Waals surface area contributed by atoms with E-state index in [2.05, 4.69) is 5.32 Å². The Kier molecular flexibility index (Phi) is 8.37. The van der Waals surface area contributed by atoms with Crippen molar-refractivity contribution < 1.29 is 23.7 Å². The molecule has 3 aromatic rings. The minimum absolute atomic E-state index is 0.0512. The predicted molar refractivity (Wildman–Crippen MR) is 124 cm³/mol. The summed E-state index contributed by atoms with van der Waals surface area (Å²) in [5.41, 5.74) is 2.98. The second-order valence-electron chi connectivity index (χ2n) is 7.23. The van der Waals surface area contributed by atoms with Crippen LogP contribution in [0.15, 0.2) is 66.7 Å². The maximum absolute atomic E-state index is 12.4. The lowest BCUT2D eigenvalue weighted by atomic mass is 10.1. The molecule has 1 N–H and O–H groups in total. The molecule has 168 valence electrons. The lowest BCUT2D eigenvalue weighted by Crippen LogP contribution is -2.27. The van der Waals surface area contributed by atoms with Crippen molar-refractivity contribution in [3.8, 4) is 23.0 Å². The predicted octanol–water partition coefficient (Wildman–Crippen LogP) is 4.19. The van der Waals surface area contributed by atoms with Crippen LogP contribution in [0, 0.1) is 0 Å². The van der Waals surface area contributed by atoms with Crippen molar-refractivity contribution in [1.82, 2.24) is 5.32 Å². The molecule has 0 aliphatic rings. The molecule has 32 heavy (non-hydrogen) atoms. The van der Waals surface area contributed by atoms with E-state index in [9.17, 15) is 4.79 Å². The standard InChI is InChI=1S/C26H29NO5/c1-29-22-11-9-19(15-24(22)31-3)13-14-27-26(28)17-21-10-12-23(30-2)25(16-21)32-18-20-7-5-4-6-8-20/h4-12,15-16H,13-14,17-18H2,1-3H3,(H,27,28). The van der Waals surface area contributed by atoms with Crippen LogP contribution in [-0.4, -0.2) is 33.8 Å². The molecule has 6 heteroatoms. The first-order chi connectivity index (χ1) is 15.6. The molecule has 0 radical (unpaired) electrons. The summed E-state index contributed by atoms with van der Waals surface area (Å²) in [4.78, 5) is 12.4. The van der Waals surface area contributed by atoms with Crippen molar-refractivity contribution in [2.45, 2.75) is 19.4 Å². The Morgan fingerprint density at radius 1 is 0.719 bits per heavy atom. The van der Waals surface area contributed by atoms with Gasteiger partial charge in [0.2, 0.25) is 5.91 Å². The molecule has 0 atom stereocenters. The zero-order valence-corrected chi connectivity index (χ0v) is 18.7. The molecule has 0 aliphatic carbocycles. The number of hydrogen-bond acceptors (Lipinski definition) is 5. The van der Waals surface area contributed by atoms with Crippen LogP contribution in [0.1, 0.15) is 16.7 Å². The van der Waals surface area contributed by atoms with E-state index in [1.165, 1.54) is 0 Å². The lowest BCUT2D eigenvalue weighted by Gasteiger charge is -2.13. The van der Waals surface area contributed by atoms with Gasteiger partial charge in [0.15, 0.2) is 23.0 Å². The fraction of sp³-hybridized carbons (Fsp3) is 0.269. The lowest BCUT2D eigenvalue weighted by molar-refractivity contribution is -0.120. The highest BCUT2D eigenvalue weighted by Gasteiger charge is 2.10. The summed E-state index contributed by atoms with van der Waals surface area (Å²) in [6, 6.07) is 21.2. The second kappa shape index (κ2) is 11.6. The highest BCUT2D eigenvalue weighted by molar-refractivity contribution is 5.78. The quantitative estimate of drug-likeness (QED) is 0.489. The van der Waals surface area contributed by atoms with Crippen LogP contribution in [0.4, 0.5) is 0 Å². The molecule has 0 saturated heterocycles. The van der Waals surface area contributed by atoms with Crippen molar-refractivity contribution in [3.05, 3.63) is 83.4 Å². The second-order valence-corrected chi connectivity index (χ2v) is 7.23. The van der Waals surface area contributed by atoms with Crippen LogP contribution in [0.25, 0.3) is 0 Å². The van der Waals surface area contributed by atoms with Gasteiger partial charge in [-0.2, -0.15) is 0 Å². The van der Waals surface area contributed by atoms with Gasteiger partial charge in [-0.3, -0.25) is 4.79 Å². The molecule has 0 heterocycles. The van der Waals surface area contributed by atoms with E-state index in [0.717, 1.165) is 16.7 Å². The summed E-state index contributed by atoms with van der Waals surface area (Å²) < 4.78 is 21.9. The van der Waals surface area contributed by atoms with Crippen LogP contribution in [-0.2, 0) is 24.2 Å². The first-order valence-electron chi connectivity index (χ1n) is 10.4. The maximum Gasteiger partial charge on any atom is 0.224 e. The van der Waals surface area contributed by atoms with E-state index in [4.69, 9.17) is 18.9 Å². The van der Waals surface area contributed by atoms with E-state index in [1.807, 2.05) is 66.7 Å². The van der Waals surface area contributed by atoms with Gasteiger partial charge in [-0.05, 0) is 47.4 Å². The molecule has 0 spiro atoms. The van der Waals surface area contributed by atoms with E-state index >= 15 is 0 Å². The van der Waals surface area contributed by atoms with Crippen LogP contribution < -0.4 is 24.3 Å². The molecule has 0 unspecified atom stereocenters. The van der Waals surface area contributed by atoms with Crippen molar-refractivity contribution in [3.63, 3.8) is 0 Å². The van der Waals surface area contributed by atoms with Gasteiger partial charge in [0.1, 0.15) is 6.61 Å². The average molecular weight is 436 g/mol. The number of benzene rings is 3. The maximum atomic E-state index is 12.4. The van der Waals surface area contributed by atoms with Gasteiger partial charge < -0.3 is 24.3 Å². The Hall–Kier alpha value is -3.67. The molecule has 3 aromatic carbocycles. The highest BCUT2D eigenvalue weighted by atomic mass is 16.5. The number of rotatable bonds is 11. The Morgan fingerprint density at radius 3 is 2.03 bits per heavy atom. The molecule has 3 rings (SSSR count). The third kappa shape index (κ3) is 6.41. The van der Waals surface area contributed by atoms with E-state index in [1.54, 1.807) is 21.3 Å². The fourth-order valence-electron chi connectivity index (χ4n) is 3.31. The smallest absolute Gasteiger partial charge is 0.224 e. The Labute approximate surface area is 189 Å². The normalized spacial score (nSPS) is 10.3. The average Bonchev–Trinajstić information content (AvgIpc) is 2.83. The van der Waals surface area contributed by atoms with E-state index in [0.29, 0.717) is 42.6 Å². The molecule has 1 amide bonds. The molecule has 0 bridgehead atoms. The number of hydrogen-bond donors (Lipinski definition) is 1. The third-order valence-corrected chi connectivity index (χ3v) is 5.01. The molecular weight excluding hydrogens is 406 g/mol. The first kappa shape index (κ1) is 23.0. The number of methoxy groups -OCH3 is 3. The van der Waals surface area contributed by atoms with Crippen molar-refractivity contribution in [1.29, 1.82) is 0 Å². The van der Waals surface area contributed by atoms with Crippen molar-refractivity contribution >= 4 is 5.91 Å². The SMILES string of the molecule is COc1ccc(CCNC(=O)Cc2ccc(OC)c(OCc3ccccc3)c2)cc1OC. The number of carbonyl (C=O) groups excluding carboxylic acids is 1. The van der Waals surface area contributed by atoms with E-state index < -0.39 is 0 Å². The Balaban J connectivity index is 1.54. The van der Waals surface area contributed by atoms with Crippen LogP contribution >= 0.6 is 0 Å². The van der Waals surface area contributed by atoms with Gasteiger partial charge in [-0.25, -0.2) is 0 Å². The summed E-state index contributed by atoms with van der Waals surface area (Å²) in [7, 11) is 4.82. The number of carbonyl (C=O) groups is 1. The van der Waals surface area contributed by atoms with Crippen molar-refractivity contribution in [2.75, 3.05) is 27.9 Å². The zero-order chi connectivity index (χ0) is 22.8. The van der Waals surface area contributed by atoms with E-state index in [-0.39, 0.29) is 12.3 Å². The van der Waals surface area contributed by atoms with Gasteiger partial charge in [0, 0.05) is 6.54 Å². The van der Waals surface area contributed by atoms with Gasteiger partial charge in [0.25, 0.3) is 0 Å². The summed E-state index contributed by atoms with van der Waals surface area (Å²) in [5.74, 6) is 2.57. The highest BCUT2D eigenvalue weighted by Crippen LogP contribution is 2.29. The molecular formula is C26H29NO5. The van der Waals surface area contributed by atoms with Gasteiger partial charge in [-0.1, -0.05) is 42.5 Å². The summed E-state index contributed by atoms with van der Waals surface area (Å²) >= 11 is 0. The molecule has 0 aromatic heterocycles. The molecule has 0 saturated carbocycles. The monoisotopic (exact) mass is 435 g/mol. The largest absolute Gasteiger partial charge is 0.493 e. The molecule has 0 aliphatic heterocycles.